The number of ether oxygens (including phenoxy) is 1. The molecule has 0 bridgehead atoms. The third-order valence-corrected chi connectivity index (χ3v) is 3.23. The molecule has 0 saturated carbocycles. The van der Waals surface area contributed by atoms with E-state index in [1.807, 2.05) is 44.2 Å². The van der Waals surface area contributed by atoms with Crippen LogP contribution in [0.25, 0.3) is 0 Å². The van der Waals surface area contributed by atoms with Crippen molar-refractivity contribution in [3.8, 4) is 5.75 Å². The normalized spacial score (nSPS) is 11.7. The van der Waals surface area contributed by atoms with Gasteiger partial charge in [0.1, 0.15) is 0 Å². The van der Waals surface area contributed by atoms with Gasteiger partial charge in [0.05, 0.1) is 23.9 Å². The predicted octanol–water partition coefficient (Wildman–Crippen LogP) is 3.16. The minimum Gasteiger partial charge on any atom is -0.491 e. The molecule has 0 heterocycles. The molecule has 0 aromatic heterocycles. The zero-order valence-electron chi connectivity index (χ0n) is 12.3. The Balaban J connectivity index is 2.19. The van der Waals surface area contributed by atoms with Gasteiger partial charge in [-0.3, -0.25) is 4.79 Å². The van der Waals surface area contributed by atoms with Crippen molar-refractivity contribution < 1.29 is 9.53 Å². The maximum Gasteiger partial charge on any atom is 0.255 e. The first kappa shape index (κ1) is 14.9. The first-order valence-corrected chi connectivity index (χ1v) is 7.00. The number of carbonyl (C=O) groups excluding carboxylic acids is 1. The number of nitrogens with two attached hydrogens (primary N) is 1. The second-order valence-electron chi connectivity index (χ2n) is 4.76. The van der Waals surface area contributed by atoms with Gasteiger partial charge < -0.3 is 15.8 Å². The molecule has 2 aromatic rings. The third kappa shape index (κ3) is 3.54. The number of anilines is 1. The van der Waals surface area contributed by atoms with Gasteiger partial charge in [0, 0.05) is 0 Å². The molecule has 21 heavy (non-hydrogen) atoms. The summed E-state index contributed by atoms with van der Waals surface area (Å²) >= 11 is 0. The second kappa shape index (κ2) is 6.79. The van der Waals surface area contributed by atoms with Gasteiger partial charge in [-0.25, -0.2) is 0 Å². The van der Waals surface area contributed by atoms with Crippen molar-refractivity contribution >= 4 is 11.6 Å². The quantitative estimate of drug-likeness (QED) is 0.829. The molecule has 0 aliphatic carbocycles. The van der Waals surface area contributed by atoms with E-state index in [1.165, 1.54) is 0 Å². The van der Waals surface area contributed by atoms with Crippen LogP contribution in [-0.2, 0) is 0 Å². The van der Waals surface area contributed by atoms with Crippen molar-refractivity contribution in [1.29, 1.82) is 0 Å². The van der Waals surface area contributed by atoms with Gasteiger partial charge in [0.25, 0.3) is 5.91 Å². The van der Waals surface area contributed by atoms with Gasteiger partial charge in [0.15, 0.2) is 5.75 Å². The molecule has 2 aromatic carbocycles. The fourth-order valence-corrected chi connectivity index (χ4v) is 2.14. The van der Waals surface area contributed by atoms with E-state index < -0.39 is 0 Å². The Hall–Kier alpha value is -2.49. The summed E-state index contributed by atoms with van der Waals surface area (Å²) in [6.07, 6.45) is 0. The van der Waals surface area contributed by atoms with Crippen molar-refractivity contribution in [2.75, 3.05) is 12.3 Å². The number of hydrogen-bond acceptors (Lipinski definition) is 3. The highest BCUT2D eigenvalue weighted by Gasteiger charge is 2.17. The average molecular weight is 284 g/mol. The lowest BCUT2D eigenvalue weighted by atomic mass is 10.1. The SMILES string of the molecule is CCOc1c(N)cccc1C(=O)N[C@@H](C)c1ccccc1. The molecular formula is C17H20N2O2. The molecular weight excluding hydrogens is 264 g/mol. The van der Waals surface area contributed by atoms with Gasteiger partial charge >= 0.3 is 0 Å². The Morgan fingerprint density at radius 1 is 1.19 bits per heavy atom. The molecule has 4 heteroatoms. The molecule has 0 aliphatic rings. The lowest BCUT2D eigenvalue weighted by molar-refractivity contribution is 0.0936. The summed E-state index contributed by atoms with van der Waals surface area (Å²) < 4.78 is 5.49. The zero-order valence-corrected chi connectivity index (χ0v) is 12.3. The van der Waals surface area contributed by atoms with E-state index >= 15 is 0 Å². The summed E-state index contributed by atoms with van der Waals surface area (Å²) in [6.45, 7) is 4.27. The highest BCUT2D eigenvalue weighted by Crippen LogP contribution is 2.27. The van der Waals surface area contributed by atoms with E-state index in [4.69, 9.17) is 10.5 Å². The molecule has 1 amide bonds. The smallest absolute Gasteiger partial charge is 0.255 e. The lowest BCUT2D eigenvalue weighted by Gasteiger charge is -2.17. The molecule has 0 radical (unpaired) electrons. The van der Waals surface area contributed by atoms with E-state index in [0.29, 0.717) is 23.6 Å². The van der Waals surface area contributed by atoms with Crippen LogP contribution in [-0.4, -0.2) is 12.5 Å². The summed E-state index contributed by atoms with van der Waals surface area (Å²) in [4.78, 5) is 12.4. The Kier molecular flexibility index (Phi) is 4.82. The molecule has 0 unspecified atom stereocenters. The highest BCUT2D eigenvalue weighted by molar-refractivity contribution is 5.98. The molecule has 4 nitrogen and oxygen atoms in total. The van der Waals surface area contributed by atoms with Crippen LogP contribution in [0.15, 0.2) is 48.5 Å². The minimum absolute atomic E-state index is 0.0883. The van der Waals surface area contributed by atoms with Crippen LogP contribution >= 0.6 is 0 Å². The Bertz CT molecular complexity index is 611. The van der Waals surface area contributed by atoms with E-state index in [1.54, 1.807) is 18.2 Å². The fourth-order valence-electron chi connectivity index (χ4n) is 2.14. The fraction of sp³-hybridized carbons (Fsp3) is 0.235. The standard InChI is InChI=1S/C17H20N2O2/c1-3-21-16-14(10-7-11-15(16)18)17(20)19-12(2)13-8-5-4-6-9-13/h4-12H,3,18H2,1-2H3,(H,19,20)/t12-/m0/s1. The number of amides is 1. The molecule has 110 valence electrons. The number of para-hydroxylation sites is 1. The summed E-state index contributed by atoms with van der Waals surface area (Å²) in [6, 6.07) is 14.9. The van der Waals surface area contributed by atoms with Crippen LogP contribution in [0.1, 0.15) is 35.8 Å². The topological polar surface area (TPSA) is 64.3 Å². The maximum absolute atomic E-state index is 12.4. The Labute approximate surface area is 124 Å². The number of nitrogen functional groups attached to an aromatic ring is 1. The van der Waals surface area contributed by atoms with Crippen molar-refractivity contribution in [3.63, 3.8) is 0 Å². The Morgan fingerprint density at radius 2 is 1.90 bits per heavy atom. The van der Waals surface area contributed by atoms with E-state index in [-0.39, 0.29) is 11.9 Å². The van der Waals surface area contributed by atoms with Crippen molar-refractivity contribution in [2.24, 2.45) is 0 Å². The predicted molar refractivity (Wildman–Crippen MR) is 84.3 cm³/mol. The van der Waals surface area contributed by atoms with Crippen LogP contribution in [0.2, 0.25) is 0 Å². The van der Waals surface area contributed by atoms with Crippen LogP contribution in [0.4, 0.5) is 5.69 Å². The molecule has 2 rings (SSSR count). The number of benzene rings is 2. The van der Waals surface area contributed by atoms with Gasteiger partial charge in [-0.15, -0.1) is 0 Å². The molecule has 3 N–H and O–H groups in total. The van der Waals surface area contributed by atoms with Crippen LogP contribution in [0.3, 0.4) is 0 Å². The second-order valence-corrected chi connectivity index (χ2v) is 4.76. The average Bonchev–Trinajstić information content (AvgIpc) is 2.50. The maximum atomic E-state index is 12.4. The third-order valence-electron chi connectivity index (χ3n) is 3.23. The van der Waals surface area contributed by atoms with E-state index in [2.05, 4.69) is 5.32 Å². The monoisotopic (exact) mass is 284 g/mol. The van der Waals surface area contributed by atoms with Crippen molar-refractivity contribution in [2.45, 2.75) is 19.9 Å². The van der Waals surface area contributed by atoms with Gasteiger partial charge in [-0.05, 0) is 31.5 Å². The number of nitrogens with one attached hydrogen (secondary N) is 1. The largest absolute Gasteiger partial charge is 0.491 e. The molecule has 0 aliphatic heterocycles. The summed E-state index contributed by atoms with van der Waals surface area (Å²) in [7, 11) is 0. The first-order valence-electron chi connectivity index (χ1n) is 7.00. The van der Waals surface area contributed by atoms with Gasteiger partial charge in [-0.2, -0.15) is 0 Å². The van der Waals surface area contributed by atoms with Crippen LogP contribution in [0.5, 0.6) is 5.75 Å². The number of rotatable bonds is 5. The molecule has 0 saturated heterocycles. The van der Waals surface area contributed by atoms with E-state index in [0.717, 1.165) is 5.56 Å². The number of hydrogen-bond donors (Lipinski definition) is 2. The van der Waals surface area contributed by atoms with Crippen LogP contribution in [0, 0.1) is 0 Å². The summed E-state index contributed by atoms with van der Waals surface area (Å²) in [5.74, 6) is 0.250. The number of carbonyl (C=O) groups is 1. The van der Waals surface area contributed by atoms with Crippen LogP contribution < -0.4 is 15.8 Å². The first-order chi connectivity index (χ1) is 10.1. The minimum atomic E-state index is -0.192. The van der Waals surface area contributed by atoms with E-state index in [9.17, 15) is 4.79 Å². The lowest BCUT2D eigenvalue weighted by Crippen LogP contribution is -2.27. The Morgan fingerprint density at radius 3 is 2.57 bits per heavy atom. The molecule has 0 fully saturated rings. The summed E-state index contributed by atoms with van der Waals surface area (Å²) in [5.41, 5.74) is 7.86. The molecule has 0 spiro atoms. The highest BCUT2D eigenvalue weighted by atomic mass is 16.5. The van der Waals surface area contributed by atoms with Crippen molar-refractivity contribution in [1.82, 2.24) is 5.32 Å². The van der Waals surface area contributed by atoms with Gasteiger partial charge in [0.2, 0.25) is 0 Å². The van der Waals surface area contributed by atoms with Crippen molar-refractivity contribution in [3.05, 3.63) is 59.7 Å². The van der Waals surface area contributed by atoms with Gasteiger partial charge in [-0.1, -0.05) is 36.4 Å². The molecule has 1 atom stereocenters. The summed E-state index contributed by atoms with van der Waals surface area (Å²) in [5, 5.41) is 2.96. The zero-order chi connectivity index (χ0) is 15.2.